The van der Waals surface area contributed by atoms with E-state index in [4.69, 9.17) is 15.2 Å². The molecule has 0 amide bonds. The molecule has 0 bridgehead atoms. The van der Waals surface area contributed by atoms with Gasteiger partial charge in [0.2, 0.25) is 0 Å². The molecule has 1 unspecified atom stereocenters. The lowest BCUT2D eigenvalue weighted by Gasteiger charge is -2.11. The average molecular weight is 213 g/mol. The van der Waals surface area contributed by atoms with E-state index >= 15 is 0 Å². The topological polar surface area (TPSA) is 62.3 Å². The van der Waals surface area contributed by atoms with Crippen LogP contribution in [0.25, 0.3) is 0 Å². The first-order chi connectivity index (χ1) is 7.22. The minimum absolute atomic E-state index is 0.151. The highest BCUT2D eigenvalue weighted by Gasteiger charge is 2.00. The van der Waals surface area contributed by atoms with Crippen LogP contribution in [0.15, 0.2) is 12.3 Å². The third-order valence-electron chi connectivity index (χ3n) is 2.00. The van der Waals surface area contributed by atoms with Gasteiger partial charge in [0.05, 0.1) is 12.7 Å². The Hall–Kier alpha value is -1.07. The van der Waals surface area contributed by atoms with E-state index in [-0.39, 0.29) is 6.10 Å². The first-order valence-corrected chi connectivity index (χ1v) is 5.12. The van der Waals surface area contributed by atoms with Crippen molar-refractivity contribution in [2.24, 2.45) is 0 Å². The predicted octanol–water partition coefficient (Wildman–Crippen LogP) is 0.907. The van der Waals surface area contributed by atoms with Crippen molar-refractivity contribution in [1.29, 1.82) is 0 Å². The molecule has 15 heavy (non-hydrogen) atoms. The number of ether oxygens (including phenoxy) is 2. The van der Waals surface area contributed by atoms with Gasteiger partial charge in [0.1, 0.15) is 5.82 Å². The zero-order valence-electron chi connectivity index (χ0n) is 9.35. The van der Waals surface area contributed by atoms with Gasteiger partial charge < -0.3 is 15.2 Å². The summed E-state index contributed by atoms with van der Waals surface area (Å²) in [4.78, 5) is 0. The van der Waals surface area contributed by atoms with Crippen LogP contribution in [0.5, 0.6) is 0 Å². The minimum Gasteiger partial charge on any atom is -0.382 e. The Kier molecular flexibility index (Phi) is 5.14. The normalized spacial score (nSPS) is 12.9. The fraction of sp³-hybridized carbons (Fsp3) is 0.700. The maximum Gasteiger partial charge on any atom is 0.145 e. The smallest absolute Gasteiger partial charge is 0.145 e. The molecule has 0 fully saturated rings. The summed E-state index contributed by atoms with van der Waals surface area (Å²) >= 11 is 0. The van der Waals surface area contributed by atoms with Gasteiger partial charge in [-0.1, -0.05) is 0 Å². The van der Waals surface area contributed by atoms with Gasteiger partial charge in [0.15, 0.2) is 0 Å². The number of aromatic nitrogens is 2. The standard InChI is InChI=1S/C10H19N3O2/c1-9(8-14-2)15-7-3-5-13-6-4-10(11)12-13/h4,6,9H,3,5,7-8H2,1-2H3,(H2,11,12). The number of nitrogens with zero attached hydrogens (tertiary/aromatic N) is 2. The summed E-state index contributed by atoms with van der Waals surface area (Å²) in [6.45, 7) is 4.17. The Bertz CT molecular complexity index is 275. The van der Waals surface area contributed by atoms with E-state index < -0.39 is 0 Å². The molecule has 86 valence electrons. The number of anilines is 1. The van der Waals surface area contributed by atoms with Crippen LogP contribution < -0.4 is 5.73 Å². The summed E-state index contributed by atoms with van der Waals surface area (Å²) in [6, 6.07) is 1.79. The van der Waals surface area contributed by atoms with Crippen molar-refractivity contribution in [3.05, 3.63) is 12.3 Å². The molecular formula is C10H19N3O2. The highest BCUT2D eigenvalue weighted by Crippen LogP contribution is 1.98. The van der Waals surface area contributed by atoms with E-state index in [9.17, 15) is 0 Å². The maximum absolute atomic E-state index is 5.51. The molecule has 1 atom stereocenters. The number of nitrogens with two attached hydrogens (primary N) is 1. The quantitative estimate of drug-likeness (QED) is 0.684. The van der Waals surface area contributed by atoms with Crippen molar-refractivity contribution in [2.45, 2.75) is 26.0 Å². The molecule has 5 heteroatoms. The number of nitrogen functional groups attached to an aromatic ring is 1. The molecule has 0 saturated carbocycles. The van der Waals surface area contributed by atoms with Crippen LogP contribution >= 0.6 is 0 Å². The number of hydrogen-bond donors (Lipinski definition) is 1. The third kappa shape index (κ3) is 4.80. The molecule has 1 aromatic heterocycles. The van der Waals surface area contributed by atoms with E-state index in [1.54, 1.807) is 13.2 Å². The summed E-state index contributed by atoms with van der Waals surface area (Å²) < 4.78 is 12.3. The van der Waals surface area contributed by atoms with E-state index in [0.29, 0.717) is 19.0 Å². The van der Waals surface area contributed by atoms with E-state index in [1.165, 1.54) is 0 Å². The highest BCUT2D eigenvalue weighted by atomic mass is 16.5. The van der Waals surface area contributed by atoms with Crippen LogP contribution in [0.2, 0.25) is 0 Å². The van der Waals surface area contributed by atoms with Gasteiger partial charge in [-0.05, 0) is 19.4 Å². The summed E-state index contributed by atoms with van der Waals surface area (Å²) in [6.07, 6.45) is 2.95. The molecule has 1 rings (SSSR count). The van der Waals surface area contributed by atoms with Crippen LogP contribution in [0.1, 0.15) is 13.3 Å². The Morgan fingerprint density at radius 1 is 1.60 bits per heavy atom. The monoisotopic (exact) mass is 213 g/mol. The van der Waals surface area contributed by atoms with Crippen molar-refractivity contribution in [1.82, 2.24) is 9.78 Å². The highest BCUT2D eigenvalue weighted by molar-refractivity contribution is 5.23. The molecule has 0 aliphatic carbocycles. The Balaban J connectivity index is 2.06. The molecule has 0 aromatic carbocycles. The molecule has 2 N–H and O–H groups in total. The lowest BCUT2D eigenvalue weighted by atomic mass is 10.4. The number of hydrogen-bond acceptors (Lipinski definition) is 4. The zero-order valence-corrected chi connectivity index (χ0v) is 9.35. The Morgan fingerprint density at radius 3 is 3.00 bits per heavy atom. The van der Waals surface area contributed by atoms with Crippen molar-refractivity contribution >= 4 is 5.82 Å². The van der Waals surface area contributed by atoms with Gasteiger partial charge in [0, 0.05) is 26.5 Å². The van der Waals surface area contributed by atoms with Gasteiger partial charge in [-0.3, -0.25) is 4.68 Å². The van der Waals surface area contributed by atoms with Crippen molar-refractivity contribution in [3.63, 3.8) is 0 Å². The van der Waals surface area contributed by atoms with Gasteiger partial charge in [-0.25, -0.2) is 0 Å². The van der Waals surface area contributed by atoms with Crippen molar-refractivity contribution < 1.29 is 9.47 Å². The van der Waals surface area contributed by atoms with Gasteiger partial charge in [-0.2, -0.15) is 5.10 Å². The van der Waals surface area contributed by atoms with Gasteiger partial charge >= 0.3 is 0 Å². The number of methoxy groups -OCH3 is 1. The summed E-state index contributed by atoms with van der Waals surface area (Å²) in [7, 11) is 1.67. The molecular weight excluding hydrogens is 194 g/mol. The maximum atomic E-state index is 5.51. The van der Waals surface area contributed by atoms with E-state index in [1.807, 2.05) is 17.8 Å². The SMILES string of the molecule is COCC(C)OCCCn1ccc(N)n1. The summed E-state index contributed by atoms with van der Waals surface area (Å²) in [5.74, 6) is 0.559. The van der Waals surface area contributed by atoms with Crippen LogP contribution in [-0.2, 0) is 16.0 Å². The average Bonchev–Trinajstić information content (AvgIpc) is 2.60. The van der Waals surface area contributed by atoms with Crippen LogP contribution in [0.4, 0.5) is 5.82 Å². The molecule has 0 radical (unpaired) electrons. The molecule has 0 saturated heterocycles. The molecule has 5 nitrogen and oxygen atoms in total. The van der Waals surface area contributed by atoms with Crippen LogP contribution in [0.3, 0.4) is 0 Å². The largest absolute Gasteiger partial charge is 0.382 e. The van der Waals surface area contributed by atoms with Crippen molar-refractivity contribution in [2.75, 3.05) is 26.1 Å². The summed E-state index contributed by atoms with van der Waals surface area (Å²) in [5.41, 5.74) is 5.49. The Labute approximate surface area is 90.2 Å². The second kappa shape index (κ2) is 6.42. The van der Waals surface area contributed by atoms with Crippen molar-refractivity contribution in [3.8, 4) is 0 Å². The zero-order chi connectivity index (χ0) is 11.1. The second-order valence-electron chi connectivity index (χ2n) is 3.49. The summed E-state index contributed by atoms with van der Waals surface area (Å²) in [5, 5.41) is 4.08. The molecule has 1 aromatic rings. The molecule has 0 aliphatic heterocycles. The number of aryl methyl sites for hydroxylation is 1. The Morgan fingerprint density at radius 2 is 2.40 bits per heavy atom. The first kappa shape index (κ1) is 12.0. The predicted molar refractivity (Wildman–Crippen MR) is 58.5 cm³/mol. The lowest BCUT2D eigenvalue weighted by Crippen LogP contribution is -2.16. The number of rotatable bonds is 7. The van der Waals surface area contributed by atoms with E-state index in [2.05, 4.69) is 5.10 Å². The fourth-order valence-electron chi connectivity index (χ4n) is 1.30. The van der Waals surface area contributed by atoms with Gasteiger partial charge in [-0.15, -0.1) is 0 Å². The van der Waals surface area contributed by atoms with Crippen LogP contribution in [0, 0.1) is 0 Å². The first-order valence-electron chi connectivity index (χ1n) is 5.12. The lowest BCUT2D eigenvalue weighted by molar-refractivity contribution is 0.00698. The fourth-order valence-corrected chi connectivity index (χ4v) is 1.30. The molecule has 1 heterocycles. The van der Waals surface area contributed by atoms with Gasteiger partial charge in [0.25, 0.3) is 0 Å². The molecule has 0 aliphatic rings. The third-order valence-corrected chi connectivity index (χ3v) is 2.00. The minimum atomic E-state index is 0.151. The van der Waals surface area contributed by atoms with Crippen LogP contribution in [-0.4, -0.2) is 36.2 Å². The van der Waals surface area contributed by atoms with E-state index in [0.717, 1.165) is 13.0 Å². The molecule has 0 spiro atoms. The second-order valence-corrected chi connectivity index (χ2v) is 3.49.